The van der Waals surface area contributed by atoms with E-state index in [9.17, 15) is 14.9 Å². The van der Waals surface area contributed by atoms with E-state index in [0.29, 0.717) is 22.4 Å². The Labute approximate surface area is 181 Å². The zero-order chi connectivity index (χ0) is 21.8. The molecular weight excluding hydrogens is 396 g/mol. The highest BCUT2D eigenvalue weighted by Gasteiger charge is 2.29. The van der Waals surface area contributed by atoms with Crippen LogP contribution in [-0.4, -0.2) is 19.0 Å². The normalized spacial score (nSPS) is 16.0. The van der Waals surface area contributed by atoms with Gasteiger partial charge in [-0.2, -0.15) is 5.26 Å². The SMILES string of the molecule is COC(=O)c1c(NC(=O)C(C#N)=Cc2ccc(C(C)C)cc2)sc2c1CCC(C)C2. The fourth-order valence-corrected chi connectivity index (χ4v) is 5.01. The summed E-state index contributed by atoms with van der Waals surface area (Å²) >= 11 is 1.41. The molecule has 1 amide bonds. The average Bonchev–Trinajstić information content (AvgIpc) is 3.08. The van der Waals surface area contributed by atoms with Crippen LogP contribution in [0.4, 0.5) is 5.00 Å². The number of hydrogen-bond acceptors (Lipinski definition) is 5. The summed E-state index contributed by atoms with van der Waals surface area (Å²) in [5.41, 5.74) is 3.35. The lowest BCUT2D eigenvalue weighted by Gasteiger charge is -2.18. The number of nitrogens with one attached hydrogen (secondary N) is 1. The summed E-state index contributed by atoms with van der Waals surface area (Å²) < 4.78 is 4.96. The van der Waals surface area contributed by atoms with Gasteiger partial charge in [-0.3, -0.25) is 4.79 Å². The Hall–Kier alpha value is -2.91. The van der Waals surface area contributed by atoms with E-state index in [1.54, 1.807) is 6.08 Å². The van der Waals surface area contributed by atoms with E-state index in [4.69, 9.17) is 4.74 Å². The number of carbonyl (C=O) groups is 2. The molecule has 0 saturated carbocycles. The number of benzene rings is 1. The lowest BCUT2D eigenvalue weighted by molar-refractivity contribution is -0.112. The second-order valence-electron chi connectivity index (χ2n) is 7.99. The van der Waals surface area contributed by atoms with Crippen molar-refractivity contribution in [1.82, 2.24) is 0 Å². The van der Waals surface area contributed by atoms with E-state index in [0.717, 1.165) is 35.3 Å². The first-order valence-corrected chi connectivity index (χ1v) is 10.9. The Balaban J connectivity index is 1.88. The number of ether oxygens (including phenoxy) is 1. The molecule has 0 radical (unpaired) electrons. The van der Waals surface area contributed by atoms with Gasteiger partial charge in [0.25, 0.3) is 5.91 Å². The highest BCUT2D eigenvalue weighted by atomic mass is 32.1. The Morgan fingerprint density at radius 3 is 2.60 bits per heavy atom. The second-order valence-corrected chi connectivity index (χ2v) is 9.10. The number of rotatable bonds is 5. The molecule has 5 nitrogen and oxygen atoms in total. The molecule has 156 valence electrons. The van der Waals surface area contributed by atoms with Crippen LogP contribution in [0.15, 0.2) is 29.8 Å². The van der Waals surface area contributed by atoms with Crippen LogP contribution in [0.5, 0.6) is 0 Å². The number of nitrogens with zero attached hydrogens (tertiary/aromatic N) is 1. The molecule has 6 heteroatoms. The quantitative estimate of drug-likeness (QED) is 0.401. The summed E-state index contributed by atoms with van der Waals surface area (Å²) in [6.45, 7) is 6.40. The largest absolute Gasteiger partial charge is 0.465 e. The maximum absolute atomic E-state index is 12.8. The summed E-state index contributed by atoms with van der Waals surface area (Å²) in [5, 5.41) is 12.8. The molecule has 1 aliphatic carbocycles. The van der Waals surface area contributed by atoms with Crippen LogP contribution >= 0.6 is 11.3 Å². The van der Waals surface area contributed by atoms with Crippen LogP contribution in [-0.2, 0) is 22.4 Å². The lowest BCUT2D eigenvalue weighted by atomic mass is 9.88. The number of esters is 1. The molecule has 3 rings (SSSR count). The molecule has 1 aromatic carbocycles. The molecule has 0 fully saturated rings. The Morgan fingerprint density at radius 1 is 1.30 bits per heavy atom. The second kappa shape index (κ2) is 9.27. The predicted molar refractivity (Wildman–Crippen MR) is 120 cm³/mol. The summed E-state index contributed by atoms with van der Waals surface area (Å²) in [5.74, 6) is -0.0361. The van der Waals surface area contributed by atoms with Crippen molar-refractivity contribution in [1.29, 1.82) is 5.26 Å². The molecule has 1 heterocycles. The molecule has 1 N–H and O–H groups in total. The third kappa shape index (κ3) is 4.63. The van der Waals surface area contributed by atoms with Gasteiger partial charge in [-0.1, -0.05) is 45.0 Å². The van der Waals surface area contributed by atoms with Gasteiger partial charge < -0.3 is 10.1 Å². The summed E-state index contributed by atoms with van der Waals surface area (Å²) in [7, 11) is 1.34. The molecule has 1 atom stereocenters. The van der Waals surface area contributed by atoms with Gasteiger partial charge in [0.1, 0.15) is 16.6 Å². The maximum atomic E-state index is 12.8. The summed E-state index contributed by atoms with van der Waals surface area (Å²) in [4.78, 5) is 26.3. The molecule has 1 aromatic heterocycles. The van der Waals surface area contributed by atoms with E-state index >= 15 is 0 Å². The van der Waals surface area contributed by atoms with Crippen LogP contribution < -0.4 is 5.32 Å². The minimum Gasteiger partial charge on any atom is -0.465 e. The highest BCUT2D eigenvalue weighted by Crippen LogP contribution is 2.40. The molecule has 30 heavy (non-hydrogen) atoms. The van der Waals surface area contributed by atoms with Gasteiger partial charge in [-0.15, -0.1) is 11.3 Å². The zero-order valence-electron chi connectivity index (χ0n) is 17.7. The monoisotopic (exact) mass is 422 g/mol. The maximum Gasteiger partial charge on any atom is 0.341 e. The van der Waals surface area contributed by atoms with Crippen molar-refractivity contribution >= 4 is 34.3 Å². The number of carbonyl (C=O) groups excluding carboxylic acids is 2. The topological polar surface area (TPSA) is 79.2 Å². The fourth-order valence-electron chi connectivity index (χ4n) is 3.62. The molecular formula is C24H26N2O3S. The first-order chi connectivity index (χ1) is 14.3. The standard InChI is InChI=1S/C24H26N2O3S/c1-14(2)17-8-6-16(7-9-17)12-18(13-25)22(27)26-23-21(24(28)29-4)19-10-5-15(3)11-20(19)30-23/h6-9,12,14-15H,5,10-11H2,1-4H3,(H,26,27). The predicted octanol–water partition coefficient (Wildman–Crippen LogP) is 5.33. The van der Waals surface area contributed by atoms with Crippen LogP contribution in [0, 0.1) is 17.2 Å². The number of hydrogen-bond donors (Lipinski definition) is 1. The number of anilines is 1. The lowest BCUT2D eigenvalue weighted by Crippen LogP contribution is -2.16. The first kappa shape index (κ1) is 21.8. The fraction of sp³-hybridized carbons (Fsp3) is 0.375. The van der Waals surface area contributed by atoms with Crippen LogP contribution in [0.2, 0.25) is 0 Å². The molecule has 0 aliphatic heterocycles. The van der Waals surface area contributed by atoms with E-state index in [2.05, 4.69) is 26.1 Å². The number of fused-ring (bicyclic) bond motifs is 1. The van der Waals surface area contributed by atoms with Gasteiger partial charge >= 0.3 is 5.97 Å². The minimum absolute atomic E-state index is 0.0112. The van der Waals surface area contributed by atoms with E-state index < -0.39 is 11.9 Å². The Kier molecular flexibility index (Phi) is 6.73. The first-order valence-electron chi connectivity index (χ1n) is 10.1. The number of nitriles is 1. The molecule has 1 unspecified atom stereocenters. The summed E-state index contributed by atoms with van der Waals surface area (Å²) in [6.07, 6.45) is 4.23. The van der Waals surface area contributed by atoms with Crippen LogP contribution in [0.3, 0.4) is 0 Å². The van der Waals surface area contributed by atoms with Gasteiger partial charge in [-0.05, 0) is 53.9 Å². The Morgan fingerprint density at radius 2 is 2.00 bits per heavy atom. The number of thiophene rings is 1. The van der Waals surface area contributed by atoms with Crippen LogP contribution in [0.25, 0.3) is 6.08 Å². The summed E-state index contributed by atoms with van der Waals surface area (Å²) in [6, 6.07) is 9.75. The van der Waals surface area contributed by atoms with Gasteiger partial charge in [0, 0.05) is 4.88 Å². The highest BCUT2D eigenvalue weighted by molar-refractivity contribution is 7.17. The number of methoxy groups -OCH3 is 1. The zero-order valence-corrected chi connectivity index (χ0v) is 18.6. The smallest absolute Gasteiger partial charge is 0.341 e. The third-order valence-corrected chi connectivity index (χ3v) is 6.58. The average molecular weight is 423 g/mol. The van der Waals surface area contributed by atoms with Gasteiger partial charge in [0.2, 0.25) is 0 Å². The van der Waals surface area contributed by atoms with Gasteiger partial charge in [0.05, 0.1) is 12.7 Å². The van der Waals surface area contributed by atoms with Crippen molar-refractivity contribution in [3.8, 4) is 6.07 Å². The van der Waals surface area contributed by atoms with Crippen molar-refractivity contribution in [3.63, 3.8) is 0 Å². The van der Waals surface area contributed by atoms with Gasteiger partial charge in [-0.25, -0.2) is 4.79 Å². The molecule has 0 spiro atoms. The van der Waals surface area contributed by atoms with Crippen molar-refractivity contribution in [3.05, 3.63) is 57.0 Å². The van der Waals surface area contributed by atoms with Crippen molar-refractivity contribution in [2.45, 2.75) is 46.0 Å². The molecule has 0 bridgehead atoms. The third-order valence-electron chi connectivity index (χ3n) is 5.41. The van der Waals surface area contributed by atoms with Crippen molar-refractivity contribution < 1.29 is 14.3 Å². The molecule has 1 aliphatic rings. The van der Waals surface area contributed by atoms with E-state index in [1.165, 1.54) is 24.0 Å². The van der Waals surface area contributed by atoms with Gasteiger partial charge in [0.15, 0.2) is 0 Å². The molecule has 2 aromatic rings. The number of amides is 1. The van der Waals surface area contributed by atoms with Crippen molar-refractivity contribution in [2.24, 2.45) is 5.92 Å². The van der Waals surface area contributed by atoms with Crippen molar-refractivity contribution in [2.75, 3.05) is 12.4 Å². The minimum atomic E-state index is -0.526. The van der Waals surface area contributed by atoms with E-state index in [1.807, 2.05) is 30.3 Å². The van der Waals surface area contributed by atoms with Crippen LogP contribution in [0.1, 0.15) is 65.0 Å². The Bertz CT molecular complexity index is 1030. The van der Waals surface area contributed by atoms with E-state index in [-0.39, 0.29) is 5.57 Å². The molecule has 0 saturated heterocycles.